The van der Waals surface area contributed by atoms with E-state index in [1.165, 1.54) is 0 Å². The minimum Gasteiger partial charge on any atom is -0.393 e. The van der Waals surface area contributed by atoms with Crippen LogP contribution in [0.5, 0.6) is 0 Å². The average molecular weight is 150 g/mol. The Balaban J connectivity index is 2.34. The van der Waals surface area contributed by atoms with Gasteiger partial charge in [-0.2, -0.15) is 0 Å². The number of nitrogens with zero attached hydrogens (tertiary/aromatic N) is 2. The number of aliphatic hydroxyl groups excluding tert-OH is 1. The summed E-state index contributed by atoms with van der Waals surface area (Å²) in [5.41, 5.74) is 2.21. The molecule has 0 fully saturated rings. The summed E-state index contributed by atoms with van der Waals surface area (Å²) in [4.78, 5) is 8.04. The number of aliphatic hydroxyl groups is 1. The molecule has 0 bridgehead atoms. The van der Waals surface area contributed by atoms with Crippen LogP contribution in [0.2, 0.25) is 0 Å². The van der Waals surface area contributed by atoms with E-state index in [4.69, 9.17) is 0 Å². The number of fused-ring (bicyclic) bond motifs is 1. The van der Waals surface area contributed by atoms with Gasteiger partial charge in [-0.3, -0.25) is 0 Å². The second kappa shape index (κ2) is 2.58. The maximum Gasteiger partial charge on any atom is 0.115 e. The Kier molecular flexibility index (Phi) is 1.58. The molecule has 3 nitrogen and oxygen atoms in total. The monoisotopic (exact) mass is 150 g/mol. The average Bonchev–Trinajstić information content (AvgIpc) is 2.04. The van der Waals surface area contributed by atoms with Gasteiger partial charge in [-0.1, -0.05) is 0 Å². The Bertz CT molecular complexity index is 262. The summed E-state index contributed by atoms with van der Waals surface area (Å²) >= 11 is 0. The first-order chi connectivity index (χ1) is 5.36. The molecular formula is C8H10N2O. The molecular weight excluding hydrogens is 140 g/mol. The summed E-state index contributed by atoms with van der Waals surface area (Å²) < 4.78 is 0. The van der Waals surface area contributed by atoms with Crippen molar-refractivity contribution in [3.63, 3.8) is 0 Å². The Morgan fingerprint density at radius 1 is 1.55 bits per heavy atom. The Morgan fingerprint density at radius 2 is 2.45 bits per heavy atom. The van der Waals surface area contributed by atoms with Crippen molar-refractivity contribution in [1.29, 1.82) is 0 Å². The van der Waals surface area contributed by atoms with Crippen molar-refractivity contribution in [2.24, 2.45) is 0 Å². The lowest BCUT2D eigenvalue weighted by atomic mass is 9.95. The predicted molar refractivity (Wildman–Crippen MR) is 40.1 cm³/mol. The summed E-state index contributed by atoms with van der Waals surface area (Å²) in [7, 11) is 0. The summed E-state index contributed by atoms with van der Waals surface area (Å²) in [6.07, 6.45) is 5.62. The predicted octanol–water partition coefficient (Wildman–Crippen LogP) is 0.326. The number of hydrogen-bond donors (Lipinski definition) is 1. The standard InChI is InChI=1S/C8H10N2O/c11-7-1-2-8-6(3-7)4-9-5-10-8/h4-5,7,11H,1-3H2. The molecule has 1 aliphatic carbocycles. The van der Waals surface area contributed by atoms with E-state index >= 15 is 0 Å². The molecule has 1 N–H and O–H groups in total. The minimum atomic E-state index is -0.187. The van der Waals surface area contributed by atoms with Gasteiger partial charge >= 0.3 is 0 Å². The zero-order valence-corrected chi connectivity index (χ0v) is 6.20. The molecule has 58 valence electrons. The fourth-order valence-corrected chi connectivity index (χ4v) is 1.44. The molecule has 0 saturated heterocycles. The number of aryl methyl sites for hydroxylation is 1. The van der Waals surface area contributed by atoms with Crippen LogP contribution in [0, 0.1) is 0 Å². The van der Waals surface area contributed by atoms with E-state index in [-0.39, 0.29) is 6.10 Å². The zero-order chi connectivity index (χ0) is 7.68. The van der Waals surface area contributed by atoms with Gasteiger partial charge in [0.2, 0.25) is 0 Å². The maximum atomic E-state index is 9.30. The SMILES string of the molecule is OC1CCc2ncncc2C1. The van der Waals surface area contributed by atoms with Crippen LogP contribution in [0.15, 0.2) is 12.5 Å². The fourth-order valence-electron chi connectivity index (χ4n) is 1.44. The Morgan fingerprint density at radius 3 is 3.36 bits per heavy atom. The van der Waals surface area contributed by atoms with Crippen LogP contribution >= 0.6 is 0 Å². The molecule has 1 atom stereocenters. The van der Waals surface area contributed by atoms with Crippen LogP contribution in [0.3, 0.4) is 0 Å². The molecule has 0 saturated carbocycles. The molecule has 1 unspecified atom stereocenters. The zero-order valence-electron chi connectivity index (χ0n) is 6.20. The lowest BCUT2D eigenvalue weighted by Gasteiger charge is -2.18. The molecule has 0 spiro atoms. The Labute approximate surface area is 65.1 Å². The van der Waals surface area contributed by atoms with E-state index in [1.807, 2.05) is 0 Å². The number of rotatable bonds is 0. The smallest absolute Gasteiger partial charge is 0.115 e. The highest BCUT2D eigenvalue weighted by Crippen LogP contribution is 2.17. The first-order valence-electron chi connectivity index (χ1n) is 3.82. The van der Waals surface area contributed by atoms with Crippen molar-refractivity contribution in [2.75, 3.05) is 0 Å². The quantitative estimate of drug-likeness (QED) is 0.579. The highest BCUT2D eigenvalue weighted by molar-refractivity contribution is 5.19. The normalized spacial score (nSPS) is 22.8. The Hall–Kier alpha value is -0.960. The van der Waals surface area contributed by atoms with Gasteiger partial charge < -0.3 is 5.11 Å². The third kappa shape index (κ3) is 1.24. The minimum absolute atomic E-state index is 0.187. The van der Waals surface area contributed by atoms with E-state index in [0.29, 0.717) is 0 Å². The van der Waals surface area contributed by atoms with Crippen LogP contribution in [0.4, 0.5) is 0 Å². The number of aromatic nitrogens is 2. The second-order valence-electron chi connectivity index (χ2n) is 2.89. The molecule has 1 heterocycles. The molecule has 0 aliphatic heterocycles. The van der Waals surface area contributed by atoms with Crippen molar-refractivity contribution in [3.05, 3.63) is 23.8 Å². The third-order valence-electron chi connectivity index (χ3n) is 2.05. The van der Waals surface area contributed by atoms with Crippen LogP contribution in [0.1, 0.15) is 17.7 Å². The van der Waals surface area contributed by atoms with E-state index < -0.39 is 0 Å². The van der Waals surface area contributed by atoms with E-state index in [9.17, 15) is 5.11 Å². The van der Waals surface area contributed by atoms with Crippen LogP contribution in [-0.2, 0) is 12.8 Å². The number of hydrogen-bond acceptors (Lipinski definition) is 3. The molecule has 1 aliphatic rings. The van der Waals surface area contributed by atoms with E-state index in [0.717, 1.165) is 30.5 Å². The van der Waals surface area contributed by atoms with Gasteiger partial charge in [-0.25, -0.2) is 9.97 Å². The fraction of sp³-hybridized carbons (Fsp3) is 0.500. The molecule has 1 aromatic rings. The molecule has 11 heavy (non-hydrogen) atoms. The summed E-state index contributed by atoms with van der Waals surface area (Å²) in [5, 5.41) is 9.30. The van der Waals surface area contributed by atoms with Gasteiger partial charge in [0.25, 0.3) is 0 Å². The van der Waals surface area contributed by atoms with Crippen LogP contribution in [0.25, 0.3) is 0 Å². The van der Waals surface area contributed by atoms with E-state index in [2.05, 4.69) is 9.97 Å². The molecule has 3 heteroatoms. The van der Waals surface area contributed by atoms with Gasteiger partial charge in [0.15, 0.2) is 0 Å². The van der Waals surface area contributed by atoms with Crippen molar-refractivity contribution in [3.8, 4) is 0 Å². The van der Waals surface area contributed by atoms with Crippen LogP contribution in [-0.4, -0.2) is 21.2 Å². The van der Waals surface area contributed by atoms with Crippen molar-refractivity contribution in [1.82, 2.24) is 9.97 Å². The molecule has 0 aromatic carbocycles. The molecule has 0 amide bonds. The van der Waals surface area contributed by atoms with Crippen molar-refractivity contribution >= 4 is 0 Å². The largest absolute Gasteiger partial charge is 0.393 e. The topological polar surface area (TPSA) is 46.0 Å². The highest BCUT2D eigenvalue weighted by atomic mass is 16.3. The van der Waals surface area contributed by atoms with Gasteiger partial charge in [0.1, 0.15) is 6.33 Å². The van der Waals surface area contributed by atoms with Crippen molar-refractivity contribution in [2.45, 2.75) is 25.4 Å². The first kappa shape index (κ1) is 6.73. The summed E-state index contributed by atoms with van der Waals surface area (Å²) in [6.45, 7) is 0. The third-order valence-corrected chi connectivity index (χ3v) is 2.05. The highest BCUT2D eigenvalue weighted by Gasteiger charge is 2.16. The lowest BCUT2D eigenvalue weighted by molar-refractivity contribution is 0.157. The van der Waals surface area contributed by atoms with Crippen LogP contribution < -0.4 is 0 Å². The van der Waals surface area contributed by atoms with Gasteiger partial charge in [0.05, 0.1) is 6.10 Å². The van der Waals surface area contributed by atoms with Crippen molar-refractivity contribution < 1.29 is 5.11 Å². The summed E-state index contributed by atoms with van der Waals surface area (Å²) in [5.74, 6) is 0. The van der Waals surface area contributed by atoms with E-state index in [1.54, 1.807) is 12.5 Å². The molecule has 2 rings (SSSR count). The van der Waals surface area contributed by atoms with Gasteiger partial charge in [-0.05, 0) is 18.4 Å². The summed E-state index contributed by atoms with van der Waals surface area (Å²) in [6, 6.07) is 0. The molecule has 0 radical (unpaired) electrons. The molecule has 1 aromatic heterocycles. The maximum absolute atomic E-state index is 9.30. The first-order valence-corrected chi connectivity index (χ1v) is 3.82. The van der Waals surface area contributed by atoms with Gasteiger partial charge in [-0.15, -0.1) is 0 Å². The van der Waals surface area contributed by atoms with Gasteiger partial charge in [0, 0.05) is 18.3 Å². The lowest BCUT2D eigenvalue weighted by Crippen LogP contribution is -2.19. The second-order valence-corrected chi connectivity index (χ2v) is 2.89.